The van der Waals surface area contributed by atoms with Crippen LogP contribution in [0.5, 0.6) is 0 Å². The molecule has 0 aromatic carbocycles. The summed E-state index contributed by atoms with van der Waals surface area (Å²) in [6.07, 6.45) is 0. The van der Waals surface area contributed by atoms with Gasteiger partial charge in [-0.15, -0.1) is 0 Å². The summed E-state index contributed by atoms with van der Waals surface area (Å²) in [6.45, 7) is 7.51. The standard InChI is InChI=1S/C11H20ClN3O/c1-8-9(10(12)15(4)14-8)6-13-11(2,3)7-16-5/h13H,6-7H2,1-5H3. The van der Waals surface area contributed by atoms with Crippen molar-refractivity contribution in [1.29, 1.82) is 0 Å². The largest absolute Gasteiger partial charge is 0.383 e. The van der Waals surface area contributed by atoms with Crippen LogP contribution in [0.1, 0.15) is 25.1 Å². The minimum absolute atomic E-state index is 0.0691. The Morgan fingerprint density at radius 3 is 2.56 bits per heavy atom. The quantitative estimate of drug-likeness (QED) is 0.861. The first-order valence-electron chi connectivity index (χ1n) is 5.29. The second-order valence-corrected chi connectivity index (χ2v) is 5.01. The topological polar surface area (TPSA) is 39.1 Å². The van der Waals surface area contributed by atoms with Gasteiger partial charge in [0.15, 0.2) is 0 Å². The molecule has 1 aromatic heterocycles. The normalized spacial score (nSPS) is 12.1. The number of nitrogens with one attached hydrogen (secondary N) is 1. The lowest BCUT2D eigenvalue weighted by Crippen LogP contribution is -2.42. The molecule has 16 heavy (non-hydrogen) atoms. The van der Waals surface area contributed by atoms with Gasteiger partial charge < -0.3 is 10.1 Å². The number of hydrogen-bond acceptors (Lipinski definition) is 3. The van der Waals surface area contributed by atoms with Crippen molar-refractivity contribution in [3.8, 4) is 0 Å². The first kappa shape index (κ1) is 13.5. The minimum atomic E-state index is -0.0691. The van der Waals surface area contributed by atoms with Gasteiger partial charge >= 0.3 is 0 Å². The molecule has 0 saturated heterocycles. The van der Waals surface area contributed by atoms with Gasteiger partial charge in [-0.3, -0.25) is 4.68 Å². The van der Waals surface area contributed by atoms with Crippen LogP contribution in [-0.4, -0.2) is 29.0 Å². The van der Waals surface area contributed by atoms with Crippen LogP contribution in [0.25, 0.3) is 0 Å². The van der Waals surface area contributed by atoms with Crippen LogP contribution >= 0.6 is 11.6 Å². The van der Waals surface area contributed by atoms with Crippen molar-refractivity contribution in [2.75, 3.05) is 13.7 Å². The Morgan fingerprint density at radius 2 is 2.12 bits per heavy atom. The second-order valence-electron chi connectivity index (χ2n) is 4.65. The molecule has 0 unspecified atom stereocenters. The van der Waals surface area contributed by atoms with Gasteiger partial charge in [-0.1, -0.05) is 11.6 Å². The summed E-state index contributed by atoms with van der Waals surface area (Å²) in [5, 5.41) is 8.37. The van der Waals surface area contributed by atoms with Crippen LogP contribution < -0.4 is 5.32 Å². The van der Waals surface area contributed by atoms with E-state index in [1.54, 1.807) is 11.8 Å². The van der Waals surface area contributed by atoms with E-state index in [0.29, 0.717) is 18.3 Å². The molecule has 1 aromatic rings. The molecule has 0 aliphatic heterocycles. The summed E-state index contributed by atoms with van der Waals surface area (Å²) in [4.78, 5) is 0. The zero-order chi connectivity index (χ0) is 12.3. The Hall–Kier alpha value is -0.580. The first-order chi connectivity index (χ1) is 7.37. The molecule has 0 bridgehead atoms. The van der Waals surface area contributed by atoms with Crippen molar-refractivity contribution in [1.82, 2.24) is 15.1 Å². The summed E-state index contributed by atoms with van der Waals surface area (Å²) in [6, 6.07) is 0. The molecule has 5 heteroatoms. The molecule has 0 aliphatic rings. The monoisotopic (exact) mass is 245 g/mol. The van der Waals surface area contributed by atoms with Crippen LogP contribution in [0, 0.1) is 6.92 Å². The molecule has 0 saturated carbocycles. The van der Waals surface area contributed by atoms with Crippen LogP contribution in [0.2, 0.25) is 5.15 Å². The lowest BCUT2D eigenvalue weighted by molar-refractivity contribution is 0.127. The number of nitrogens with zero attached hydrogens (tertiary/aromatic N) is 2. The highest BCUT2D eigenvalue weighted by Gasteiger charge is 2.19. The zero-order valence-corrected chi connectivity index (χ0v) is 11.4. The SMILES string of the molecule is COCC(C)(C)NCc1c(C)nn(C)c1Cl. The number of rotatable bonds is 5. The Bertz CT molecular complexity index is 360. The van der Waals surface area contributed by atoms with Gasteiger partial charge in [-0.2, -0.15) is 5.10 Å². The predicted octanol–water partition coefficient (Wildman–Crippen LogP) is 1.90. The summed E-state index contributed by atoms with van der Waals surface area (Å²) in [5.74, 6) is 0. The van der Waals surface area contributed by atoms with E-state index in [0.717, 1.165) is 11.3 Å². The van der Waals surface area contributed by atoms with E-state index >= 15 is 0 Å². The average Bonchev–Trinajstić information content (AvgIpc) is 2.39. The third kappa shape index (κ3) is 3.20. The predicted molar refractivity (Wildman–Crippen MR) is 65.7 cm³/mol. The van der Waals surface area contributed by atoms with Crippen molar-refractivity contribution in [2.45, 2.75) is 32.9 Å². The number of halogens is 1. The maximum Gasteiger partial charge on any atom is 0.131 e. The Morgan fingerprint density at radius 1 is 1.50 bits per heavy atom. The minimum Gasteiger partial charge on any atom is -0.383 e. The van der Waals surface area contributed by atoms with Gasteiger partial charge in [0, 0.05) is 31.8 Å². The fourth-order valence-electron chi connectivity index (χ4n) is 1.61. The summed E-state index contributed by atoms with van der Waals surface area (Å²) < 4.78 is 6.84. The number of aryl methyl sites for hydroxylation is 2. The van der Waals surface area contributed by atoms with E-state index in [-0.39, 0.29) is 5.54 Å². The molecule has 1 rings (SSSR count). The number of aromatic nitrogens is 2. The smallest absolute Gasteiger partial charge is 0.131 e. The average molecular weight is 246 g/mol. The van der Waals surface area contributed by atoms with Crippen LogP contribution in [0.15, 0.2) is 0 Å². The van der Waals surface area contributed by atoms with Crippen LogP contribution in [-0.2, 0) is 18.3 Å². The molecular weight excluding hydrogens is 226 g/mol. The number of ether oxygens (including phenoxy) is 1. The van der Waals surface area contributed by atoms with Gasteiger partial charge in [0.1, 0.15) is 5.15 Å². The van der Waals surface area contributed by atoms with Crippen molar-refractivity contribution in [2.24, 2.45) is 7.05 Å². The third-order valence-corrected chi connectivity index (χ3v) is 2.99. The Balaban J connectivity index is 2.67. The Labute approximate surface area is 102 Å². The highest BCUT2D eigenvalue weighted by Crippen LogP contribution is 2.19. The summed E-state index contributed by atoms with van der Waals surface area (Å²) >= 11 is 6.15. The maximum absolute atomic E-state index is 6.15. The van der Waals surface area contributed by atoms with Crippen molar-refractivity contribution < 1.29 is 4.74 Å². The van der Waals surface area contributed by atoms with Crippen molar-refractivity contribution >= 4 is 11.6 Å². The van der Waals surface area contributed by atoms with Crippen molar-refractivity contribution in [3.63, 3.8) is 0 Å². The first-order valence-corrected chi connectivity index (χ1v) is 5.67. The van der Waals surface area contributed by atoms with E-state index in [1.807, 2.05) is 14.0 Å². The molecule has 0 fully saturated rings. The lowest BCUT2D eigenvalue weighted by Gasteiger charge is -2.25. The second kappa shape index (κ2) is 5.17. The van der Waals surface area contributed by atoms with Crippen molar-refractivity contribution in [3.05, 3.63) is 16.4 Å². The van der Waals surface area contributed by atoms with E-state index in [4.69, 9.17) is 16.3 Å². The fraction of sp³-hybridized carbons (Fsp3) is 0.727. The molecule has 1 heterocycles. The molecule has 0 spiro atoms. The maximum atomic E-state index is 6.15. The van der Waals surface area contributed by atoms with Gasteiger partial charge in [-0.05, 0) is 20.8 Å². The third-order valence-electron chi connectivity index (χ3n) is 2.52. The number of hydrogen-bond donors (Lipinski definition) is 1. The lowest BCUT2D eigenvalue weighted by atomic mass is 10.1. The van der Waals surface area contributed by atoms with Gasteiger partial charge in [0.2, 0.25) is 0 Å². The highest BCUT2D eigenvalue weighted by molar-refractivity contribution is 6.30. The Kier molecular flexibility index (Phi) is 4.35. The fourth-order valence-corrected chi connectivity index (χ4v) is 1.86. The molecule has 0 atom stereocenters. The molecule has 0 radical (unpaired) electrons. The molecule has 0 aliphatic carbocycles. The molecule has 1 N–H and O–H groups in total. The van der Waals surface area contributed by atoms with E-state index < -0.39 is 0 Å². The van der Waals surface area contributed by atoms with Gasteiger partial charge in [0.25, 0.3) is 0 Å². The van der Waals surface area contributed by atoms with E-state index in [9.17, 15) is 0 Å². The van der Waals surface area contributed by atoms with Crippen LogP contribution in [0.4, 0.5) is 0 Å². The number of methoxy groups -OCH3 is 1. The molecule has 4 nitrogen and oxygen atoms in total. The molecule has 92 valence electrons. The van der Waals surface area contributed by atoms with Gasteiger partial charge in [-0.25, -0.2) is 0 Å². The highest BCUT2D eigenvalue weighted by atomic mass is 35.5. The van der Waals surface area contributed by atoms with E-state index in [1.165, 1.54) is 0 Å². The zero-order valence-electron chi connectivity index (χ0n) is 10.6. The summed E-state index contributed by atoms with van der Waals surface area (Å²) in [7, 11) is 3.55. The van der Waals surface area contributed by atoms with Crippen LogP contribution in [0.3, 0.4) is 0 Å². The summed E-state index contributed by atoms with van der Waals surface area (Å²) in [5.41, 5.74) is 1.95. The van der Waals surface area contributed by atoms with E-state index in [2.05, 4.69) is 24.3 Å². The molecule has 0 amide bonds. The van der Waals surface area contributed by atoms with Gasteiger partial charge in [0.05, 0.1) is 12.3 Å². The molecular formula is C11H20ClN3O.